The molecule has 2 N–H and O–H groups in total. The van der Waals surface area contributed by atoms with E-state index >= 15 is 0 Å². The van der Waals surface area contributed by atoms with Gasteiger partial charge in [-0.1, -0.05) is 6.07 Å². The Morgan fingerprint density at radius 1 is 1.30 bits per heavy atom. The van der Waals surface area contributed by atoms with Crippen molar-refractivity contribution in [3.8, 4) is 5.75 Å². The number of amides is 2. The van der Waals surface area contributed by atoms with Crippen LogP contribution in [0.5, 0.6) is 5.75 Å². The van der Waals surface area contributed by atoms with Crippen molar-refractivity contribution in [3.63, 3.8) is 0 Å². The maximum atomic E-state index is 11.6. The minimum absolute atomic E-state index is 0.248. The van der Waals surface area contributed by atoms with Gasteiger partial charge in [0.05, 0.1) is 13.7 Å². The summed E-state index contributed by atoms with van der Waals surface area (Å²) in [5.74, 6) is 0.424. The predicted molar refractivity (Wildman–Crippen MR) is 75.9 cm³/mol. The van der Waals surface area contributed by atoms with E-state index < -0.39 is 0 Å². The van der Waals surface area contributed by atoms with Crippen molar-refractivity contribution in [1.82, 2.24) is 5.32 Å². The second-order valence-corrected chi connectivity index (χ2v) is 4.02. The van der Waals surface area contributed by atoms with Crippen molar-refractivity contribution in [2.75, 3.05) is 25.6 Å². The zero-order valence-electron chi connectivity index (χ0n) is 11.8. The van der Waals surface area contributed by atoms with E-state index in [0.717, 1.165) is 0 Å². The van der Waals surface area contributed by atoms with Crippen LogP contribution in [0.2, 0.25) is 0 Å². The Labute approximate surface area is 118 Å². The Hall–Kier alpha value is -2.24. The molecule has 0 atom stereocenters. The number of esters is 1. The number of urea groups is 1. The Kier molecular flexibility index (Phi) is 6.95. The van der Waals surface area contributed by atoms with E-state index in [2.05, 4.69) is 10.6 Å². The number of nitrogens with one attached hydrogen (secondary N) is 2. The molecule has 6 nitrogen and oxygen atoms in total. The predicted octanol–water partition coefficient (Wildman–Crippen LogP) is 2.16. The molecule has 1 aromatic rings. The zero-order chi connectivity index (χ0) is 14.8. The molecule has 0 saturated heterocycles. The molecule has 1 rings (SSSR count). The van der Waals surface area contributed by atoms with Gasteiger partial charge in [-0.2, -0.15) is 0 Å². The summed E-state index contributed by atoms with van der Waals surface area (Å²) in [6.45, 7) is 2.55. The van der Waals surface area contributed by atoms with Crippen LogP contribution < -0.4 is 15.4 Å². The third-order valence-corrected chi connectivity index (χ3v) is 2.48. The molecule has 0 aliphatic carbocycles. The first-order valence-electron chi connectivity index (χ1n) is 6.50. The molecule has 0 aromatic heterocycles. The average molecular weight is 280 g/mol. The van der Waals surface area contributed by atoms with Gasteiger partial charge >= 0.3 is 12.0 Å². The molecule has 0 aliphatic rings. The smallest absolute Gasteiger partial charge is 0.319 e. The number of rotatable bonds is 7. The summed E-state index contributed by atoms with van der Waals surface area (Å²) in [7, 11) is 1.56. The third-order valence-electron chi connectivity index (χ3n) is 2.48. The van der Waals surface area contributed by atoms with Crippen LogP contribution in [-0.4, -0.2) is 32.3 Å². The lowest BCUT2D eigenvalue weighted by Crippen LogP contribution is -2.29. The highest BCUT2D eigenvalue weighted by Gasteiger charge is 2.04. The molecule has 0 bridgehead atoms. The van der Waals surface area contributed by atoms with Crippen LogP contribution in [0.15, 0.2) is 24.3 Å². The van der Waals surface area contributed by atoms with E-state index in [-0.39, 0.29) is 12.0 Å². The number of benzene rings is 1. The third kappa shape index (κ3) is 6.08. The van der Waals surface area contributed by atoms with E-state index in [4.69, 9.17) is 9.47 Å². The van der Waals surface area contributed by atoms with Crippen LogP contribution in [0.3, 0.4) is 0 Å². The van der Waals surface area contributed by atoms with Crippen molar-refractivity contribution in [2.45, 2.75) is 19.8 Å². The molecular formula is C14H20N2O4. The molecular weight excluding hydrogens is 260 g/mol. The summed E-state index contributed by atoms with van der Waals surface area (Å²) in [6, 6.07) is 6.75. The van der Waals surface area contributed by atoms with Crippen LogP contribution in [0.1, 0.15) is 19.8 Å². The molecule has 110 valence electrons. The standard InChI is InChI=1S/C14H20N2O4/c1-3-20-13(17)8-5-9-15-14(18)16-11-6-4-7-12(10-11)19-2/h4,6-7,10H,3,5,8-9H2,1-2H3,(H2,15,16,18). The summed E-state index contributed by atoms with van der Waals surface area (Å²) < 4.78 is 9.85. The number of hydrogen-bond donors (Lipinski definition) is 2. The van der Waals surface area contributed by atoms with Gasteiger partial charge in [-0.05, 0) is 25.5 Å². The minimum Gasteiger partial charge on any atom is -0.497 e. The summed E-state index contributed by atoms with van der Waals surface area (Å²) >= 11 is 0. The molecule has 20 heavy (non-hydrogen) atoms. The van der Waals surface area contributed by atoms with Crippen LogP contribution >= 0.6 is 0 Å². The maximum absolute atomic E-state index is 11.6. The lowest BCUT2D eigenvalue weighted by atomic mass is 10.3. The number of anilines is 1. The first-order valence-corrected chi connectivity index (χ1v) is 6.50. The fourth-order valence-electron chi connectivity index (χ4n) is 1.54. The molecule has 0 radical (unpaired) electrons. The number of carbonyl (C=O) groups excluding carboxylic acids is 2. The number of carbonyl (C=O) groups is 2. The molecule has 0 unspecified atom stereocenters. The lowest BCUT2D eigenvalue weighted by Gasteiger charge is -2.08. The molecule has 0 fully saturated rings. The van der Waals surface area contributed by atoms with Gasteiger partial charge in [-0.15, -0.1) is 0 Å². The fraction of sp³-hybridized carbons (Fsp3) is 0.429. The fourth-order valence-corrected chi connectivity index (χ4v) is 1.54. The van der Waals surface area contributed by atoms with Gasteiger partial charge in [0.25, 0.3) is 0 Å². The second kappa shape index (κ2) is 8.79. The van der Waals surface area contributed by atoms with Crippen LogP contribution in [0.25, 0.3) is 0 Å². The Balaban J connectivity index is 2.24. The molecule has 6 heteroatoms. The molecule has 0 heterocycles. The first-order chi connectivity index (χ1) is 9.65. The van der Waals surface area contributed by atoms with E-state index in [1.54, 1.807) is 38.3 Å². The largest absolute Gasteiger partial charge is 0.497 e. The quantitative estimate of drug-likeness (QED) is 0.592. The molecule has 0 aliphatic heterocycles. The molecule has 2 amide bonds. The van der Waals surface area contributed by atoms with Crippen molar-refractivity contribution in [3.05, 3.63) is 24.3 Å². The topological polar surface area (TPSA) is 76.7 Å². The van der Waals surface area contributed by atoms with Crippen molar-refractivity contribution < 1.29 is 19.1 Å². The van der Waals surface area contributed by atoms with Crippen molar-refractivity contribution in [1.29, 1.82) is 0 Å². The minimum atomic E-state index is -0.317. The SMILES string of the molecule is CCOC(=O)CCCNC(=O)Nc1cccc(OC)c1. The highest BCUT2D eigenvalue weighted by Crippen LogP contribution is 2.16. The van der Waals surface area contributed by atoms with Crippen molar-refractivity contribution >= 4 is 17.7 Å². The van der Waals surface area contributed by atoms with Gasteiger partial charge in [-0.25, -0.2) is 4.79 Å². The molecule has 1 aromatic carbocycles. The van der Waals surface area contributed by atoms with Gasteiger partial charge in [0, 0.05) is 24.7 Å². The summed E-state index contributed by atoms with van der Waals surface area (Å²) in [6.07, 6.45) is 0.845. The summed E-state index contributed by atoms with van der Waals surface area (Å²) in [4.78, 5) is 22.7. The summed E-state index contributed by atoms with van der Waals surface area (Å²) in [5.41, 5.74) is 0.646. The van der Waals surface area contributed by atoms with Crippen LogP contribution in [0, 0.1) is 0 Å². The Bertz CT molecular complexity index is 449. The maximum Gasteiger partial charge on any atom is 0.319 e. The lowest BCUT2D eigenvalue weighted by molar-refractivity contribution is -0.143. The highest BCUT2D eigenvalue weighted by molar-refractivity contribution is 5.89. The zero-order valence-corrected chi connectivity index (χ0v) is 11.8. The van der Waals surface area contributed by atoms with Gasteiger partial charge in [0.15, 0.2) is 0 Å². The summed E-state index contributed by atoms with van der Waals surface area (Å²) in [5, 5.41) is 5.35. The second-order valence-electron chi connectivity index (χ2n) is 4.02. The van der Waals surface area contributed by atoms with E-state index in [1.807, 2.05) is 0 Å². The number of ether oxygens (including phenoxy) is 2. The number of hydrogen-bond acceptors (Lipinski definition) is 4. The van der Waals surface area contributed by atoms with Gasteiger partial charge in [-0.3, -0.25) is 4.79 Å². The van der Waals surface area contributed by atoms with E-state index in [1.165, 1.54) is 0 Å². The monoisotopic (exact) mass is 280 g/mol. The molecule has 0 saturated carbocycles. The van der Waals surface area contributed by atoms with Gasteiger partial charge in [0.2, 0.25) is 0 Å². The van der Waals surface area contributed by atoms with Crippen LogP contribution in [-0.2, 0) is 9.53 Å². The first kappa shape index (κ1) is 15.8. The Morgan fingerprint density at radius 2 is 2.10 bits per heavy atom. The Morgan fingerprint density at radius 3 is 2.80 bits per heavy atom. The molecule has 0 spiro atoms. The van der Waals surface area contributed by atoms with E-state index in [0.29, 0.717) is 37.4 Å². The van der Waals surface area contributed by atoms with Gasteiger partial charge < -0.3 is 20.1 Å². The average Bonchev–Trinajstić information content (AvgIpc) is 2.44. The van der Waals surface area contributed by atoms with Crippen molar-refractivity contribution in [2.24, 2.45) is 0 Å². The highest BCUT2D eigenvalue weighted by atomic mass is 16.5. The van der Waals surface area contributed by atoms with Gasteiger partial charge in [0.1, 0.15) is 5.75 Å². The normalized spacial score (nSPS) is 9.70. The number of methoxy groups -OCH3 is 1. The van der Waals surface area contributed by atoms with Crippen LogP contribution in [0.4, 0.5) is 10.5 Å². The van der Waals surface area contributed by atoms with E-state index in [9.17, 15) is 9.59 Å².